The summed E-state index contributed by atoms with van der Waals surface area (Å²) < 4.78 is 0. The third-order valence-corrected chi connectivity index (χ3v) is 1.82. The molecule has 0 heterocycles. The van der Waals surface area contributed by atoms with Crippen molar-refractivity contribution in [2.75, 3.05) is 0 Å². The van der Waals surface area contributed by atoms with Gasteiger partial charge in [-0.25, -0.2) is 0 Å². The Labute approximate surface area is 156 Å². The first kappa shape index (κ1) is 29.0. The van der Waals surface area contributed by atoms with Crippen LogP contribution in [-0.4, -0.2) is 5.48 Å². The Bertz CT molecular complexity index is 314. The summed E-state index contributed by atoms with van der Waals surface area (Å²) in [6.45, 7) is 0. The maximum Gasteiger partial charge on any atom is 3.00 e. The fourth-order valence-electron chi connectivity index (χ4n) is 1.03. The second-order valence-corrected chi connectivity index (χ2v) is 3.23. The van der Waals surface area contributed by atoms with Crippen molar-refractivity contribution in [3.05, 3.63) is 109 Å². The number of hydrogen-bond acceptors (Lipinski definition) is 0. The third kappa shape index (κ3) is 21.3. The molecular weight excluding hydrogens is 400 g/mol. The van der Waals surface area contributed by atoms with Gasteiger partial charge in [0, 0.05) is 0 Å². The second kappa shape index (κ2) is 24.9. The Balaban J connectivity index is -0.000000101. The number of halogens is 1. The van der Waals surface area contributed by atoms with Crippen molar-refractivity contribution in [3.63, 3.8) is 0 Å². The predicted molar refractivity (Wildman–Crippen MR) is 97.8 cm³/mol. The molecule has 1 unspecified atom stereocenters. The number of benzene rings is 3. The zero-order valence-corrected chi connectivity index (χ0v) is 16.1. The van der Waals surface area contributed by atoms with Gasteiger partial charge in [-0.3, -0.25) is 0 Å². The van der Waals surface area contributed by atoms with Crippen LogP contribution >= 0.6 is 22.3 Å². The molecule has 3 aromatic rings. The summed E-state index contributed by atoms with van der Waals surface area (Å²) >= 11 is 0. The molecule has 119 valence electrons. The van der Waals surface area contributed by atoms with Gasteiger partial charge in [0.1, 0.15) is 0 Å². The van der Waals surface area contributed by atoms with Crippen molar-refractivity contribution in [1.82, 2.24) is 0 Å². The Hall–Kier alpha value is -1.04. The summed E-state index contributed by atoms with van der Waals surface area (Å²) in [4.78, 5) is 0. The second-order valence-electron chi connectivity index (χ2n) is 3.23. The first-order valence-electron chi connectivity index (χ1n) is 5.73. The topological polar surface area (TPSA) is 31.5 Å². The molecule has 3 rings (SSSR count). The van der Waals surface area contributed by atoms with Crippen molar-refractivity contribution in [2.45, 2.75) is 0 Å². The van der Waals surface area contributed by atoms with E-state index in [0.29, 0.717) is 0 Å². The van der Waals surface area contributed by atoms with Gasteiger partial charge in [0.15, 0.2) is 0 Å². The van der Waals surface area contributed by atoms with Crippen LogP contribution in [0.15, 0.2) is 91.0 Å². The molecule has 0 aliphatic heterocycles. The summed E-state index contributed by atoms with van der Waals surface area (Å²) in [7, 11) is 0. The van der Waals surface area contributed by atoms with E-state index < -0.39 is 0 Å². The van der Waals surface area contributed by atoms with E-state index in [4.69, 9.17) is 0 Å². The number of hydrogen-bond donors (Lipinski definition) is 0. The monoisotopic (exact) mass is 421 g/mol. The molecular formula is C18H21ClOPRu. The van der Waals surface area contributed by atoms with Crippen LogP contribution in [0.1, 0.15) is 0 Å². The quantitative estimate of drug-likeness (QED) is 0.298. The molecule has 0 spiro atoms. The molecule has 0 saturated carbocycles. The van der Waals surface area contributed by atoms with E-state index in [2.05, 4.69) is 18.2 Å². The Morgan fingerprint density at radius 3 is 0.636 bits per heavy atom. The third-order valence-electron chi connectivity index (χ3n) is 1.82. The van der Waals surface area contributed by atoms with Crippen LogP contribution in [-0.2, 0) is 19.5 Å². The van der Waals surface area contributed by atoms with E-state index in [1.807, 2.05) is 91.0 Å². The van der Waals surface area contributed by atoms with Crippen LogP contribution in [0.2, 0.25) is 0 Å². The van der Waals surface area contributed by atoms with Gasteiger partial charge in [-0.05, 0) is 0 Å². The van der Waals surface area contributed by atoms with Gasteiger partial charge in [-0.15, -0.1) is 12.4 Å². The normalized spacial score (nSPS) is 6.55. The minimum atomic E-state index is 0. The van der Waals surface area contributed by atoms with E-state index in [9.17, 15) is 0 Å². The zero-order valence-electron chi connectivity index (χ0n) is 12.1. The minimum Gasteiger partial charge on any atom is -0.412 e. The van der Waals surface area contributed by atoms with E-state index in [1.54, 1.807) is 0 Å². The Morgan fingerprint density at radius 2 is 0.591 bits per heavy atom. The Morgan fingerprint density at radius 1 is 0.409 bits per heavy atom. The van der Waals surface area contributed by atoms with Crippen molar-refractivity contribution in [2.24, 2.45) is 0 Å². The van der Waals surface area contributed by atoms with Gasteiger partial charge in [0.25, 0.3) is 0 Å². The molecule has 0 amide bonds. The Kier molecular flexibility index (Phi) is 32.9. The van der Waals surface area contributed by atoms with Gasteiger partial charge >= 0.3 is 19.5 Å². The molecule has 1 atom stereocenters. The molecule has 1 nitrogen and oxygen atoms in total. The molecule has 2 N–H and O–H groups in total. The molecule has 22 heavy (non-hydrogen) atoms. The van der Waals surface area contributed by atoms with Crippen molar-refractivity contribution in [1.29, 1.82) is 0 Å². The maximum atomic E-state index is 2.89. The van der Waals surface area contributed by atoms with Crippen LogP contribution in [0.4, 0.5) is 0 Å². The molecule has 0 fully saturated rings. The predicted octanol–water partition coefficient (Wildman–Crippen LogP) is 4.11. The van der Waals surface area contributed by atoms with Crippen LogP contribution in [0.25, 0.3) is 0 Å². The number of rotatable bonds is 0. The average Bonchev–Trinajstić information content (AvgIpc) is 2.54. The van der Waals surface area contributed by atoms with E-state index >= 15 is 0 Å². The van der Waals surface area contributed by atoms with Crippen LogP contribution in [0.3, 0.4) is 0 Å². The summed E-state index contributed by atoms with van der Waals surface area (Å²) in [5, 5.41) is 0. The molecule has 3 aromatic carbocycles. The summed E-state index contributed by atoms with van der Waals surface area (Å²) in [5.74, 6) is 0. The SMILES string of the molecule is Cl.O.P.[Ru+3].[c-]1ccccc1.[c-]1ccccc1.[c-]1ccccc1. The smallest absolute Gasteiger partial charge is 0.412 e. The van der Waals surface area contributed by atoms with Crippen LogP contribution in [0, 0.1) is 18.2 Å². The molecule has 0 aliphatic carbocycles. The fourth-order valence-corrected chi connectivity index (χ4v) is 1.03. The van der Waals surface area contributed by atoms with Crippen molar-refractivity contribution < 1.29 is 25.0 Å². The van der Waals surface area contributed by atoms with Gasteiger partial charge < -0.3 is 5.48 Å². The standard InChI is InChI=1S/3C6H5.ClH.H2O.H3P.Ru/c3*1-2-4-6-5-3-1;;;;/h3*1-5H;1H;1H2;1H3;/q3*-1;;;;+3. The van der Waals surface area contributed by atoms with Crippen LogP contribution < -0.4 is 0 Å². The fraction of sp³-hybridized carbons (Fsp3) is 0. The summed E-state index contributed by atoms with van der Waals surface area (Å²) in [6, 6.07) is 37.5. The van der Waals surface area contributed by atoms with Gasteiger partial charge in [-0.2, -0.15) is 119 Å². The van der Waals surface area contributed by atoms with Gasteiger partial charge in [0.05, 0.1) is 0 Å². The first-order chi connectivity index (χ1) is 9.00. The zero-order chi connectivity index (χ0) is 12.7. The van der Waals surface area contributed by atoms with Crippen LogP contribution in [0.5, 0.6) is 0 Å². The molecule has 0 bridgehead atoms. The van der Waals surface area contributed by atoms with Gasteiger partial charge in [-0.1, -0.05) is 0 Å². The van der Waals surface area contributed by atoms with E-state index in [-0.39, 0.29) is 47.3 Å². The summed E-state index contributed by atoms with van der Waals surface area (Å²) in [5.41, 5.74) is 0. The molecule has 1 radical (unpaired) electrons. The molecule has 0 saturated heterocycles. The van der Waals surface area contributed by atoms with Gasteiger partial charge in [0.2, 0.25) is 0 Å². The van der Waals surface area contributed by atoms with E-state index in [1.165, 1.54) is 0 Å². The molecule has 0 aliphatic rings. The van der Waals surface area contributed by atoms with Crippen molar-refractivity contribution in [3.8, 4) is 0 Å². The minimum absolute atomic E-state index is 0. The van der Waals surface area contributed by atoms with E-state index in [0.717, 1.165) is 0 Å². The summed E-state index contributed by atoms with van der Waals surface area (Å²) in [6.07, 6.45) is 0. The average molecular weight is 421 g/mol. The maximum absolute atomic E-state index is 2.89. The van der Waals surface area contributed by atoms with Crippen molar-refractivity contribution >= 4 is 22.3 Å². The first-order valence-corrected chi connectivity index (χ1v) is 5.73. The molecule has 4 heteroatoms. The largest absolute Gasteiger partial charge is 3.00 e. The molecule has 0 aromatic heterocycles.